The Hall–Kier alpha value is -4.92. The Morgan fingerprint density at radius 2 is 1.40 bits per heavy atom. The summed E-state index contributed by atoms with van der Waals surface area (Å²) >= 11 is 3.47. The minimum absolute atomic E-state index is 0.0635. The van der Waals surface area contributed by atoms with Crippen LogP contribution in [-0.2, 0) is 26.8 Å². The Balaban J connectivity index is 1.83. The van der Waals surface area contributed by atoms with Gasteiger partial charge in [0.15, 0.2) is 0 Å². The zero-order valence-corrected chi connectivity index (χ0v) is 28.1. The van der Waals surface area contributed by atoms with E-state index < -0.39 is 27.6 Å². The first-order valence-corrected chi connectivity index (χ1v) is 17.1. The molecule has 0 radical (unpaired) electrons. The fourth-order valence-corrected chi connectivity index (χ4v) is 7.07. The quantitative estimate of drug-likeness (QED) is 0.110. The average molecular weight is 703 g/mol. The summed E-state index contributed by atoms with van der Waals surface area (Å²) in [6.45, 7) is 1.58. The van der Waals surface area contributed by atoms with Crippen LogP contribution in [0, 0.1) is 31.1 Å². The summed E-state index contributed by atoms with van der Waals surface area (Å²) in [5, 5.41) is 0. The van der Waals surface area contributed by atoms with E-state index in [1.165, 1.54) is 4.31 Å². The number of hydrogen-bond acceptors (Lipinski definition) is 4. The highest BCUT2D eigenvalue weighted by Crippen LogP contribution is 2.38. The van der Waals surface area contributed by atoms with Crippen molar-refractivity contribution in [1.29, 1.82) is 0 Å². The molecule has 5 aromatic rings. The normalized spacial score (nSPS) is 13.0. The molecule has 7 heteroatoms. The first-order chi connectivity index (χ1) is 22.7. The van der Waals surface area contributed by atoms with Crippen molar-refractivity contribution in [2.24, 2.45) is 0 Å². The van der Waals surface area contributed by atoms with Gasteiger partial charge in [-0.15, -0.1) is 6.42 Å². The molecule has 47 heavy (non-hydrogen) atoms. The molecular weight excluding hydrogens is 670 g/mol. The van der Waals surface area contributed by atoms with E-state index in [9.17, 15) is 13.2 Å². The standard InChI is InChI=1S/C40H32BrNO4S/c1-3-29-42(47(44,45)37-25-19-31(2)20-26-37)38(30-33-13-7-4-8-14-33)40(35-17-11-6-12-18-35,28-27-32-21-23-36(41)24-22-32)46-39(43)34-15-9-5-10-16-34/h1,4-26,38H,29-30H2,2H3/t38-,40+/m0/s1. The zero-order chi connectivity index (χ0) is 33.3. The Labute approximate surface area is 285 Å². The van der Waals surface area contributed by atoms with Crippen LogP contribution >= 0.6 is 15.9 Å². The van der Waals surface area contributed by atoms with Gasteiger partial charge in [0.25, 0.3) is 0 Å². The lowest BCUT2D eigenvalue weighted by molar-refractivity contribution is -0.0230. The monoisotopic (exact) mass is 701 g/mol. The van der Waals surface area contributed by atoms with Crippen LogP contribution in [-0.4, -0.2) is 31.3 Å². The second-order valence-electron chi connectivity index (χ2n) is 10.9. The summed E-state index contributed by atoms with van der Waals surface area (Å²) in [7, 11) is -4.25. The Kier molecular flexibility index (Phi) is 10.8. The lowest BCUT2D eigenvalue weighted by atomic mass is 9.82. The molecule has 0 unspecified atom stereocenters. The number of rotatable bonds is 10. The first kappa shape index (κ1) is 33.4. The largest absolute Gasteiger partial charge is 0.436 e. The molecule has 0 aliphatic rings. The highest BCUT2D eigenvalue weighted by atomic mass is 79.9. The summed E-state index contributed by atoms with van der Waals surface area (Å²) in [5.41, 5.74) is 1.32. The minimum atomic E-state index is -4.25. The Morgan fingerprint density at radius 3 is 2.00 bits per heavy atom. The van der Waals surface area contributed by atoms with E-state index in [2.05, 4.69) is 33.7 Å². The van der Waals surface area contributed by atoms with Crippen molar-refractivity contribution >= 4 is 31.9 Å². The molecule has 0 saturated heterocycles. The average Bonchev–Trinajstić information content (AvgIpc) is 3.10. The summed E-state index contributed by atoms with van der Waals surface area (Å²) in [6, 6.07) is 39.9. The van der Waals surface area contributed by atoms with Gasteiger partial charge in [-0.3, -0.25) is 0 Å². The number of benzene rings is 5. The highest BCUT2D eigenvalue weighted by molar-refractivity contribution is 9.10. The summed E-state index contributed by atoms with van der Waals surface area (Å²) < 4.78 is 38.0. The van der Waals surface area contributed by atoms with Crippen LogP contribution in [0.2, 0.25) is 0 Å². The molecule has 5 nitrogen and oxygen atoms in total. The number of carbonyl (C=O) groups is 1. The van der Waals surface area contributed by atoms with Gasteiger partial charge in [0.1, 0.15) is 0 Å². The molecular formula is C40H32BrNO4S. The third kappa shape index (κ3) is 7.91. The number of aryl methyl sites for hydroxylation is 1. The van der Waals surface area contributed by atoms with Gasteiger partial charge in [0, 0.05) is 15.6 Å². The third-order valence-corrected chi connectivity index (χ3v) is 10.1. The van der Waals surface area contributed by atoms with Crippen molar-refractivity contribution in [3.63, 3.8) is 0 Å². The van der Waals surface area contributed by atoms with Crippen molar-refractivity contribution in [3.05, 3.63) is 172 Å². The maximum absolute atomic E-state index is 14.6. The van der Waals surface area contributed by atoms with Crippen LogP contribution in [0.4, 0.5) is 0 Å². The van der Waals surface area contributed by atoms with Crippen molar-refractivity contribution in [3.8, 4) is 24.2 Å². The number of sulfonamides is 1. The highest BCUT2D eigenvalue weighted by Gasteiger charge is 2.50. The second kappa shape index (κ2) is 15.1. The lowest BCUT2D eigenvalue weighted by Gasteiger charge is -2.41. The Morgan fingerprint density at radius 1 is 0.830 bits per heavy atom. The molecule has 0 amide bonds. The molecule has 0 aliphatic heterocycles. The Bertz CT molecular complexity index is 2020. The molecule has 0 bridgehead atoms. The molecule has 2 atom stereocenters. The van der Waals surface area contributed by atoms with Crippen molar-refractivity contribution < 1.29 is 17.9 Å². The molecule has 0 aromatic heterocycles. The van der Waals surface area contributed by atoms with Gasteiger partial charge in [-0.2, -0.15) is 4.31 Å². The molecule has 5 rings (SSSR count). The SMILES string of the molecule is C#CCN([C@@H](Cc1ccccc1)[C@](C#Cc1ccc(Br)cc1)(OC(=O)c1ccccc1)c1ccccc1)S(=O)(=O)c1ccc(C)cc1. The van der Waals surface area contributed by atoms with E-state index in [0.29, 0.717) is 16.7 Å². The lowest BCUT2D eigenvalue weighted by Crippen LogP contribution is -2.55. The minimum Gasteiger partial charge on any atom is -0.436 e. The molecule has 234 valence electrons. The topological polar surface area (TPSA) is 63.7 Å². The summed E-state index contributed by atoms with van der Waals surface area (Å²) in [5.74, 6) is 8.41. The van der Waals surface area contributed by atoms with Crippen LogP contribution in [0.5, 0.6) is 0 Å². The predicted molar refractivity (Wildman–Crippen MR) is 189 cm³/mol. The zero-order valence-electron chi connectivity index (χ0n) is 25.7. The van der Waals surface area contributed by atoms with Gasteiger partial charge in [-0.25, -0.2) is 13.2 Å². The first-order valence-electron chi connectivity index (χ1n) is 14.9. The van der Waals surface area contributed by atoms with Gasteiger partial charge in [0.05, 0.1) is 23.0 Å². The van der Waals surface area contributed by atoms with Gasteiger partial charge >= 0.3 is 5.97 Å². The van der Waals surface area contributed by atoms with E-state index in [0.717, 1.165) is 15.6 Å². The predicted octanol–water partition coefficient (Wildman–Crippen LogP) is 7.80. The molecule has 0 saturated carbocycles. The van der Waals surface area contributed by atoms with E-state index in [1.807, 2.05) is 67.6 Å². The van der Waals surface area contributed by atoms with Gasteiger partial charge in [-0.1, -0.05) is 124 Å². The molecule has 0 spiro atoms. The van der Waals surface area contributed by atoms with Crippen LogP contribution < -0.4 is 0 Å². The van der Waals surface area contributed by atoms with Crippen LogP contribution in [0.15, 0.2) is 149 Å². The number of nitrogens with zero attached hydrogens (tertiary/aromatic N) is 1. The van der Waals surface area contributed by atoms with Crippen LogP contribution in [0.1, 0.15) is 32.6 Å². The maximum atomic E-state index is 14.6. The van der Waals surface area contributed by atoms with Crippen molar-refractivity contribution in [2.45, 2.75) is 29.9 Å². The molecule has 5 aromatic carbocycles. The molecule has 0 heterocycles. The number of halogens is 1. The number of ether oxygens (including phenoxy) is 1. The summed E-state index contributed by atoms with van der Waals surface area (Å²) in [4.78, 5) is 14.1. The van der Waals surface area contributed by atoms with Gasteiger partial charge < -0.3 is 4.74 Å². The van der Waals surface area contributed by atoms with Gasteiger partial charge in [-0.05, 0) is 73.4 Å². The van der Waals surface area contributed by atoms with E-state index in [4.69, 9.17) is 11.2 Å². The number of esters is 1. The van der Waals surface area contributed by atoms with E-state index in [-0.39, 0.29) is 17.9 Å². The third-order valence-electron chi connectivity index (χ3n) is 7.67. The molecule has 0 fully saturated rings. The van der Waals surface area contributed by atoms with Crippen LogP contribution in [0.3, 0.4) is 0 Å². The fourth-order valence-electron chi connectivity index (χ4n) is 5.25. The maximum Gasteiger partial charge on any atom is 0.339 e. The van der Waals surface area contributed by atoms with E-state index in [1.54, 1.807) is 78.9 Å². The number of carbonyl (C=O) groups excluding carboxylic acids is 1. The van der Waals surface area contributed by atoms with Gasteiger partial charge in [0.2, 0.25) is 15.6 Å². The number of terminal acetylenes is 1. The molecule has 0 aliphatic carbocycles. The smallest absolute Gasteiger partial charge is 0.339 e. The molecule has 0 N–H and O–H groups in total. The second-order valence-corrected chi connectivity index (χ2v) is 13.7. The van der Waals surface area contributed by atoms with Crippen LogP contribution in [0.25, 0.3) is 0 Å². The van der Waals surface area contributed by atoms with Crippen molar-refractivity contribution in [1.82, 2.24) is 4.31 Å². The number of hydrogen-bond donors (Lipinski definition) is 0. The van der Waals surface area contributed by atoms with E-state index >= 15 is 0 Å². The fraction of sp³-hybridized carbons (Fsp3) is 0.125. The summed E-state index contributed by atoms with van der Waals surface area (Å²) in [6.07, 6.45) is 6.03. The van der Waals surface area contributed by atoms with Crippen molar-refractivity contribution in [2.75, 3.05) is 6.54 Å².